The summed E-state index contributed by atoms with van der Waals surface area (Å²) in [5.41, 5.74) is 0.345. The van der Waals surface area contributed by atoms with Crippen LogP contribution in [0.25, 0.3) is 34.3 Å². The summed E-state index contributed by atoms with van der Waals surface area (Å²) in [5.74, 6) is -0.873. The van der Waals surface area contributed by atoms with E-state index < -0.39 is 31.7 Å². The number of carbonyl (C=O) groups excluding carboxylic acids is 1. The van der Waals surface area contributed by atoms with Gasteiger partial charge in [0.25, 0.3) is 5.89 Å². The summed E-state index contributed by atoms with van der Waals surface area (Å²) in [4.78, 5) is 18.8. The van der Waals surface area contributed by atoms with Crippen molar-refractivity contribution in [2.75, 3.05) is 26.2 Å². The minimum Gasteiger partial charge on any atom is -0.466 e. The van der Waals surface area contributed by atoms with Gasteiger partial charge in [-0.05, 0) is 55.9 Å². The van der Waals surface area contributed by atoms with Crippen molar-refractivity contribution in [1.82, 2.24) is 20.2 Å². The van der Waals surface area contributed by atoms with Crippen LogP contribution in [0.4, 0.5) is 13.2 Å². The predicted molar refractivity (Wildman–Crippen MR) is 177 cm³/mol. The molecule has 9 nitrogen and oxygen atoms in total. The molecule has 0 aliphatic carbocycles. The molecule has 2 unspecified atom stereocenters. The van der Waals surface area contributed by atoms with Gasteiger partial charge in [0.15, 0.2) is 8.32 Å². The van der Waals surface area contributed by atoms with Gasteiger partial charge >= 0.3 is 12.1 Å². The third-order valence-corrected chi connectivity index (χ3v) is 13.7. The number of nitrogens with zero attached hydrogens (tertiary/aromatic N) is 4. The van der Waals surface area contributed by atoms with E-state index in [2.05, 4.69) is 54.1 Å². The topological polar surface area (TPSA) is 104 Å². The van der Waals surface area contributed by atoms with Gasteiger partial charge in [-0.3, -0.25) is 4.79 Å². The summed E-state index contributed by atoms with van der Waals surface area (Å²) >= 11 is 0. The second kappa shape index (κ2) is 14.3. The molecule has 1 fully saturated rings. The zero-order valence-corrected chi connectivity index (χ0v) is 29.3. The van der Waals surface area contributed by atoms with Crippen LogP contribution >= 0.6 is 0 Å². The van der Waals surface area contributed by atoms with E-state index in [1.54, 1.807) is 18.2 Å². The van der Waals surface area contributed by atoms with Crippen molar-refractivity contribution in [1.29, 1.82) is 0 Å². The predicted octanol–water partition coefficient (Wildman–Crippen LogP) is 8.81. The van der Waals surface area contributed by atoms with Crippen molar-refractivity contribution in [2.24, 2.45) is 5.92 Å². The van der Waals surface area contributed by atoms with E-state index in [1.165, 1.54) is 12.1 Å². The SMILES string of the molecule is CCOC(=O)CC1CCCN(CC(O[Si](C)(C)C(C)(C)C)c2ccc(-c3noc(-c4onc(-c5ccccc5)c4C(F)(F)F)n3)cc2)C1. The van der Waals surface area contributed by atoms with Crippen LogP contribution in [0.2, 0.25) is 18.1 Å². The van der Waals surface area contributed by atoms with E-state index in [4.69, 9.17) is 18.2 Å². The van der Waals surface area contributed by atoms with Gasteiger partial charge in [0, 0.05) is 30.6 Å². The molecule has 0 radical (unpaired) electrons. The normalized spacial score (nSPS) is 17.0. The summed E-state index contributed by atoms with van der Waals surface area (Å²) in [5, 5.41) is 7.65. The zero-order valence-electron chi connectivity index (χ0n) is 28.3. The maximum Gasteiger partial charge on any atom is 0.422 e. The molecule has 0 spiro atoms. The Balaban J connectivity index is 1.38. The van der Waals surface area contributed by atoms with Crippen LogP contribution in [0, 0.1) is 5.92 Å². The number of rotatable bonds is 11. The first-order valence-corrected chi connectivity index (χ1v) is 19.2. The Morgan fingerprint density at radius 1 is 1.02 bits per heavy atom. The lowest BCUT2D eigenvalue weighted by Gasteiger charge is -2.42. The molecule has 2 aromatic heterocycles. The van der Waals surface area contributed by atoms with E-state index >= 15 is 0 Å². The zero-order chi connectivity index (χ0) is 34.7. The number of aromatic nitrogens is 3. The van der Waals surface area contributed by atoms with Crippen molar-refractivity contribution in [3.05, 3.63) is 65.7 Å². The summed E-state index contributed by atoms with van der Waals surface area (Å²) in [7, 11) is -2.19. The van der Waals surface area contributed by atoms with Gasteiger partial charge in [-0.15, -0.1) is 0 Å². The van der Waals surface area contributed by atoms with Gasteiger partial charge in [0.05, 0.1) is 12.7 Å². The number of esters is 1. The van der Waals surface area contributed by atoms with Gasteiger partial charge in [-0.25, -0.2) is 0 Å². The fourth-order valence-electron chi connectivity index (χ4n) is 5.69. The molecule has 1 aliphatic heterocycles. The summed E-state index contributed by atoms with van der Waals surface area (Å²) in [6, 6.07) is 15.5. The first kappa shape index (κ1) is 35.5. The fourth-order valence-corrected chi connectivity index (χ4v) is 6.96. The molecule has 3 heterocycles. The Kier molecular flexibility index (Phi) is 10.6. The maximum atomic E-state index is 14.2. The lowest BCUT2D eigenvalue weighted by molar-refractivity contribution is -0.144. The maximum absolute atomic E-state index is 14.2. The molecule has 258 valence electrons. The summed E-state index contributed by atoms with van der Waals surface area (Å²) in [6.45, 7) is 15.6. The molecule has 4 aromatic rings. The highest BCUT2D eigenvalue weighted by Gasteiger charge is 2.43. The van der Waals surface area contributed by atoms with Gasteiger partial charge in [-0.2, -0.15) is 18.2 Å². The van der Waals surface area contributed by atoms with Crippen LogP contribution in [0.3, 0.4) is 0 Å². The second-order valence-corrected chi connectivity index (χ2v) is 18.5. The molecule has 48 heavy (non-hydrogen) atoms. The van der Waals surface area contributed by atoms with E-state index in [0.717, 1.165) is 31.5 Å². The molecule has 0 N–H and O–H groups in total. The number of ether oxygens (including phenoxy) is 1. The fraction of sp³-hybridized carbons (Fsp3) is 0.486. The van der Waals surface area contributed by atoms with E-state index in [0.29, 0.717) is 25.1 Å². The smallest absolute Gasteiger partial charge is 0.422 e. The molecular weight excluding hydrogens is 641 g/mol. The average Bonchev–Trinajstić information content (AvgIpc) is 3.69. The molecule has 2 aromatic carbocycles. The van der Waals surface area contributed by atoms with Crippen LogP contribution < -0.4 is 0 Å². The molecular formula is C35H43F3N4O5Si. The van der Waals surface area contributed by atoms with Crippen LogP contribution in [0.5, 0.6) is 0 Å². The molecule has 0 saturated carbocycles. The number of hydrogen-bond donors (Lipinski definition) is 0. The van der Waals surface area contributed by atoms with Crippen molar-refractivity contribution in [2.45, 2.75) is 77.4 Å². The standard InChI is InChI=1S/C35H43F3N4O5Si/c1-7-44-28(43)20-23-12-11-19-42(21-23)22-27(47-48(5,6)34(2,3)4)24-15-17-26(18-16-24)32-39-33(46-41-32)31-29(35(36,37)38)30(40-45-31)25-13-9-8-10-14-25/h8-10,13-18,23,27H,7,11-12,19-22H2,1-6H3. The van der Waals surface area contributed by atoms with Gasteiger partial charge in [-0.1, -0.05) is 85.7 Å². The molecule has 1 aliphatic rings. The van der Waals surface area contributed by atoms with Crippen molar-refractivity contribution < 1.29 is 36.2 Å². The first-order valence-electron chi connectivity index (χ1n) is 16.3. The highest BCUT2D eigenvalue weighted by Crippen LogP contribution is 2.43. The Morgan fingerprint density at radius 3 is 2.38 bits per heavy atom. The number of alkyl halides is 3. The molecule has 5 rings (SSSR count). The summed E-state index contributed by atoms with van der Waals surface area (Å²) in [6.07, 6.45) is -2.63. The quantitative estimate of drug-likeness (QED) is 0.113. The molecule has 1 saturated heterocycles. The second-order valence-electron chi connectivity index (χ2n) is 13.8. The largest absolute Gasteiger partial charge is 0.466 e. The van der Waals surface area contributed by atoms with Crippen LogP contribution in [0.15, 0.2) is 63.6 Å². The minimum atomic E-state index is -4.77. The average molecular weight is 685 g/mol. The Labute approximate surface area is 279 Å². The highest BCUT2D eigenvalue weighted by atomic mass is 28.4. The van der Waals surface area contributed by atoms with Gasteiger partial charge in [0.2, 0.25) is 11.6 Å². The van der Waals surface area contributed by atoms with Gasteiger partial charge in [0.1, 0.15) is 11.3 Å². The number of piperidine rings is 1. The lowest BCUT2D eigenvalue weighted by atomic mass is 9.94. The van der Waals surface area contributed by atoms with Crippen molar-refractivity contribution in [3.63, 3.8) is 0 Å². The Morgan fingerprint density at radius 2 is 1.73 bits per heavy atom. The van der Waals surface area contributed by atoms with Crippen LogP contribution in [0.1, 0.15) is 64.2 Å². The highest BCUT2D eigenvalue weighted by molar-refractivity contribution is 6.74. The van der Waals surface area contributed by atoms with E-state index in [1.807, 2.05) is 31.2 Å². The van der Waals surface area contributed by atoms with Gasteiger partial charge < -0.3 is 23.1 Å². The third-order valence-electron chi connectivity index (χ3n) is 9.21. The third kappa shape index (κ3) is 8.24. The van der Waals surface area contributed by atoms with Crippen LogP contribution in [-0.2, 0) is 20.1 Å². The minimum absolute atomic E-state index is 0.0169. The number of benzene rings is 2. The van der Waals surface area contributed by atoms with Crippen molar-refractivity contribution >= 4 is 14.3 Å². The molecule has 0 bridgehead atoms. The van der Waals surface area contributed by atoms with Crippen LogP contribution in [-0.4, -0.2) is 60.7 Å². The lowest BCUT2D eigenvalue weighted by Crippen LogP contribution is -2.45. The number of halogens is 3. The van der Waals surface area contributed by atoms with E-state index in [-0.39, 0.29) is 40.1 Å². The van der Waals surface area contributed by atoms with E-state index in [9.17, 15) is 18.0 Å². The molecule has 2 atom stereocenters. The van der Waals surface area contributed by atoms with Crippen molar-refractivity contribution in [3.8, 4) is 34.3 Å². The monoisotopic (exact) mass is 684 g/mol. The number of likely N-dealkylation sites (tertiary alicyclic amines) is 1. The Bertz CT molecular complexity index is 1670. The number of carbonyl (C=O) groups is 1. The first-order chi connectivity index (χ1) is 22.7. The number of hydrogen-bond acceptors (Lipinski definition) is 9. The Hall–Kier alpha value is -3.81. The molecule has 0 amide bonds. The molecule has 13 heteroatoms. The summed E-state index contributed by atoms with van der Waals surface area (Å²) < 4.78 is 65.2.